The first-order valence-electron chi connectivity index (χ1n) is 5.32. The molecule has 1 saturated heterocycles. The third-order valence-electron chi connectivity index (χ3n) is 2.89. The summed E-state index contributed by atoms with van der Waals surface area (Å²) >= 11 is 13.1. The van der Waals surface area contributed by atoms with Crippen molar-refractivity contribution in [2.45, 2.75) is 12.8 Å². The fourth-order valence-electron chi connectivity index (χ4n) is 2.06. The first-order valence-corrected chi connectivity index (χ1v) is 7.62. The molecule has 1 fully saturated rings. The minimum absolute atomic E-state index is 0.730. The van der Waals surface area contributed by atoms with Gasteiger partial charge in [-0.2, -0.15) is 0 Å². The highest BCUT2D eigenvalue weighted by Gasteiger charge is 2.24. The topological polar surface area (TPSA) is 16.1 Å². The van der Waals surface area contributed by atoms with E-state index in [1.54, 1.807) is 6.20 Å². The van der Waals surface area contributed by atoms with Crippen molar-refractivity contribution in [2.24, 2.45) is 5.92 Å². The van der Waals surface area contributed by atoms with E-state index < -0.39 is 0 Å². The minimum Gasteiger partial charge on any atom is -0.355 e. The SMILES string of the molecule is Clc1cc(Br)cnc1N1CCC(CCBr)C1. The maximum Gasteiger partial charge on any atom is 0.147 e. The minimum atomic E-state index is 0.730. The van der Waals surface area contributed by atoms with E-state index in [2.05, 4.69) is 41.7 Å². The molecule has 16 heavy (non-hydrogen) atoms. The van der Waals surface area contributed by atoms with Crippen LogP contribution in [0, 0.1) is 5.92 Å². The second kappa shape index (κ2) is 5.69. The van der Waals surface area contributed by atoms with E-state index in [1.807, 2.05) is 6.07 Å². The van der Waals surface area contributed by atoms with Crippen LogP contribution in [0.4, 0.5) is 5.82 Å². The standard InChI is InChI=1S/C11H13Br2ClN2/c12-3-1-8-2-4-16(7-8)11-10(14)5-9(13)6-15-11/h5-6,8H,1-4,7H2. The summed E-state index contributed by atoms with van der Waals surface area (Å²) in [6.45, 7) is 2.13. The Kier molecular flexibility index (Phi) is 4.50. The van der Waals surface area contributed by atoms with Crippen molar-refractivity contribution < 1.29 is 0 Å². The van der Waals surface area contributed by atoms with Gasteiger partial charge in [0, 0.05) is 29.1 Å². The number of aromatic nitrogens is 1. The molecule has 1 aliphatic heterocycles. The van der Waals surface area contributed by atoms with E-state index >= 15 is 0 Å². The van der Waals surface area contributed by atoms with Gasteiger partial charge in [0.15, 0.2) is 0 Å². The van der Waals surface area contributed by atoms with E-state index in [-0.39, 0.29) is 0 Å². The van der Waals surface area contributed by atoms with Crippen LogP contribution >= 0.6 is 43.5 Å². The summed E-state index contributed by atoms with van der Waals surface area (Å²) in [5.41, 5.74) is 0. The van der Waals surface area contributed by atoms with E-state index in [9.17, 15) is 0 Å². The Bertz CT molecular complexity index is 373. The van der Waals surface area contributed by atoms with E-state index in [4.69, 9.17) is 11.6 Å². The summed E-state index contributed by atoms with van der Waals surface area (Å²) in [5.74, 6) is 1.68. The molecule has 2 nitrogen and oxygen atoms in total. The van der Waals surface area contributed by atoms with Crippen LogP contribution in [0.1, 0.15) is 12.8 Å². The van der Waals surface area contributed by atoms with Crippen LogP contribution in [0.5, 0.6) is 0 Å². The maximum absolute atomic E-state index is 6.19. The molecule has 0 saturated carbocycles. The molecule has 0 aromatic carbocycles. The molecule has 0 bridgehead atoms. The quantitative estimate of drug-likeness (QED) is 0.747. The van der Waals surface area contributed by atoms with Gasteiger partial charge in [0.2, 0.25) is 0 Å². The van der Waals surface area contributed by atoms with Crippen molar-refractivity contribution >= 4 is 49.3 Å². The number of alkyl halides is 1. The number of pyridine rings is 1. The number of anilines is 1. The Morgan fingerprint density at radius 3 is 3.06 bits per heavy atom. The van der Waals surface area contributed by atoms with Gasteiger partial charge < -0.3 is 4.90 Å². The molecule has 1 aromatic rings. The lowest BCUT2D eigenvalue weighted by Gasteiger charge is -2.18. The van der Waals surface area contributed by atoms with Crippen molar-refractivity contribution in [1.82, 2.24) is 4.98 Å². The molecule has 2 rings (SSSR count). The molecule has 88 valence electrons. The molecule has 0 radical (unpaired) electrons. The summed E-state index contributed by atoms with van der Waals surface area (Å²) in [6.07, 6.45) is 4.27. The van der Waals surface area contributed by atoms with Gasteiger partial charge in [-0.3, -0.25) is 0 Å². The summed E-state index contributed by atoms with van der Waals surface area (Å²) in [5, 5.41) is 1.81. The van der Waals surface area contributed by atoms with Crippen LogP contribution < -0.4 is 4.90 Å². The number of hydrogen-bond acceptors (Lipinski definition) is 2. The summed E-state index contributed by atoms with van der Waals surface area (Å²) < 4.78 is 0.928. The Morgan fingerprint density at radius 1 is 1.56 bits per heavy atom. The molecule has 1 atom stereocenters. The number of rotatable bonds is 3. The highest BCUT2D eigenvalue weighted by atomic mass is 79.9. The maximum atomic E-state index is 6.19. The van der Waals surface area contributed by atoms with Crippen LogP contribution in [-0.2, 0) is 0 Å². The number of hydrogen-bond donors (Lipinski definition) is 0. The van der Waals surface area contributed by atoms with Crippen molar-refractivity contribution in [3.05, 3.63) is 21.8 Å². The molecular weight excluding hydrogens is 355 g/mol. The fourth-order valence-corrected chi connectivity index (χ4v) is 3.45. The molecule has 1 aliphatic rings. The molecular formula is C11H13Br2ClN2. The molecule has 0 spiro atoms. The predicted octanol–water partition coefficient (Wildman–Crippen LogP) is 4.11. The monoisotopic (exact) mass is 366 g/mol. The highest BCUT2D eigenvalue weighted by Crippen LogP contribution is 2.31. The summed E-state index contributed by atoms with van der Waals surface area (Å²) in [4.78, 5) is 6.67. The van der Waals surface area contributed by atoms with Crippen LogP contribution in [0.25, 0.3) is 0 Å². The zero-order valence-corrected chi connectivity index (χ0v) is 12.7. The Morgan fingerprint density at radius 2 is 2.38 bits per heavy atom. The first-order chi connectivity index (χ1) is 7.70. The normalized spacial score (nSPS) is 20.4. The average Bonchev–Trinajstić information content (AvgIpc) is 2.67. The van der Waals surface area contributed by atoms with Gasteiger partial charge in [-0.05, 0) is 40.8 Å². The van der Waals surface area contributed by atoms with Crippen molar-refractivity contribution in [2.75, 3.05) is 23.3 Å². The zero-order chi connectivity index (χ0) is 11.5. The van der Waals surface area contributed by atoms with Crippen molar-refractivity contribution in [3.8, 4) is 0 Å². The molecule has 0 aliphatic carbocycles. The van der Waals surface area contributed by atoms with Crippen molar-refractivity contribution in [3.63, 3.8) is 0 Å². The van der Waals surface area contributed by atoms with Gasteiger partial charge in [0.1, 0.15) is 5.82 Å². The van der Waals surface area contributed by atoms with Crippen LogP contribution in [0.2, 0.25) is 5.02 Å². The lowest BCUT2D eigenvalue weighted by atomic mass is 10.1. The fraction of sp³-hybridized carbons (Fsp3) is 0.545. The summed E-state index contributed by atoms with van der Waals surface area (Å²) in [6, 6.07) is 1.90. The number of nitrogens with zero attached hydrogens (tertiary/aromatic N) is 2. The Labute approximate surface area is 118 Å². The van der Waals surface area contributed by atoms with Crippen molar-refractivity contribution in [1.29, 1.82) is 0 Å². The lowest BCUT2D eigenvalue weighted by molar-refractivity contribution is 0.575. The molecule has 0 N–H and O–H groups in total. The van der Waals surface area contributed by atoms with Gasteiger partial charge in [-0.25, -0.2) is 4.98 Å². The van der Waals surface area contributed by atoms with Gasteiger partial charge in [-0.15, -0.1) is 0 Å². The van der Waals surface area contributed by atoms with E-state index in [1.165, 1.54) is 12.8 Å². The van der Waals surface area contributed by atoms with Crippen LogP contribution in [-0.4, -0.2) is 23.4 Å². The average molecular weight is 369 g/mol. The molecule has 0 amide bonds. The van der Waals surface area contributed by atoms with Gasteiger partial charge >= 0.3 is 0 Å². The molecule has 1 aromatic heterocycles. The Hall–Kier alpha value is 0.200. The first kappa shape index (κ1) is 12.7. The largest absolute Gasteiger partial charge is 0.355 e. The van der Waals surface area contributed by atoms with Gasteiger partial charge in [-0.1, -0.05) is 27.5 Å². The highest BCUT2D eigenvalue weighted by molar-refractivity contribution is 9.10. The Balaban J connectivity index is 2.08. The third-order valence-corrected chi connectivity index (χ3v) is 4.06. The van der Waals surface area contributed by atoms with E-state index in [0.717, 1.165) is 39.7 Å². The number of halogens is 3. The summed E-state index contributed by atoms with van der Waals surface area (Å²) in [7, 11) is 0. The lowest BCUT2D eigenvalue weighted by Crippen LogP contribution is -2.21. The van der Waals surface area contributed by atoms with Crippen LogP contribution in [0.3, 0.4) is 0 Å². The smallest absolute Gasteiger partial charge is 0.147 e. The van der Waals surface area contributed by atoms with Gasteiger partial charge in [0.05, 0.1) is 5.02 Å². The zero-order valence-electron chi connectivity index (χ0n) is 8.80. The molecule has 1 unspecified atom stereocenters. The van der Waals surface area contributed by atoms with Crippen LogP contribution in [0.15, 0.2) is 16.7 Å². The third kappa shape index (κ3) is 2.90. The second-order valence-electron chi connectivity index (χ2n) is 4.04. The van der Waals surface area contributed by atoms with Gasteiger partial charge in [0.25, 0.3) is 0 Å². The molecule has 2 heterocycles. The second-order valence-corrected chi connectivity index (χ2v) is 6.15. The predicted molar refractivity (Wildman–Crippen MR) is 75.7 cm³/mol. The van der Waals surface area contributed by atoms with E-state index in [0.29, 0.717) is 0 Å². The molecule has 5 heteroatoms.